The Labute approximate surface area is 292 Å². The van der Waals surface area contributed by atoms with Gasteiger partial charge in [-0.3, -0.25) is 19.3 Å². The minimum absolute atomic E-state index is 0.135. The van der Waals surface area contributed by atoms with Crippen molar-refractivity contribution in [1.29, 1.82) is 0 Å². The minimum Gasteiger partial charge on any atom is -0.484 e. The number of amides is 2. The van der Waals surface area contributed by atoms with Crippen LogP contribution < -0.4 is 26.0 Å². The molecule has 0 bridgehead atoms. The molecule has 5 rings (SSSR count). The Hall–Kier alpha value is -4.59. The summed E-state index contributed by atoms with van der Waals surface area (Å²) in [5.74, 6) is -1.59. The van der Waals surface area contributed by atoms with E-state index in [9.17, 15) is 19.2 Å². The second-order valence-corrected chi connectivity index (χ2v) is 17.3. The van der Waals surface area contributed by atoms with Crippen LogP contribution in [0.5, 0.6) is 5.75 Å². The van der Waals surface area contributed by atoms with E-state index >= 15 is 0 Å². The number of carbonyl (C=O) groups excluding carboxylic acids is 4. The molecule has 1 fully saturated rings. The summed E-state index contributed by atoms with van der Waals surface area (Å²) in [6, 6.07) is 36.7. The monoisotopic (exact) mass is 696 g/mol. The number of ether oxygens (including phenoxy) is 2. The summed E-state index contributed by atoms with van der Waals surface area (Å²) in [5, 5.41) is 4.15. The van der Waals surface area contributed by atoms with Crippen LogP contribution in [0.2, 0.25) is 0 Å². The lowest BCUT2D eigenvalue weighted by atomic mass is 10.1. The Bertz CT molecular complexity index is 1740. The van der Waals surface area contributed by atoms with E-state index in [1.165, 1.54) is 4.90 Å². The van der Waals surface area contributed by atoms with Crippen LogP contribution in [0.3, 0.4) is 0 Å². The van der Waals surface area contributed by atoms with Crippen molar-refractivity contribution in [2.75, 3.05) is 6.61 Å². The zero-order chi connectivity index (χ0) is 35.2. The van der Waals surface area contributed by atoms with Gasteiger partial charge in [-0.25, -0.2) is 4.79 Å². The molecule has 2 amide bonds. The maximum Gasteiger partial charge on any atom is 0.356 e. The van der Waals surface area contributed by atoms with Crippen LogP contribution in [0.4, 0.5) is 0 Å². The van der Waals surface area contributed by atoms with E-state index in [2.05, 4.69) is 5.32 Å². The number of β-lactam (4-membered cyclic amide) rings is 1. The Morgan fingerprint density at radius 3 is 1.65 bits per heavy atom. The van der Waals surface area contributed by atoms with Crippen LogP contribution in [0.1, 0.15) is 34.6 Å². The van der Waals surface area contributed by atoms with Crippen molar-refractivity contribution in [2.45, 2.75) is 51.6 Å². The lowest BCUT2D eigenvalue weighted by molar-refractivity contribution is -0.151. The molecule has 2 atom stereocenters. The first-order chi connectivity index (χ1) is 23.4. The molecule has 8 nitrogen and oxygen atoms in total. The zero-order valence-electron chi connectivity index (χ0n) is 28.2. The number of rotatable bonds is 11. The van der Waals surface area contributed by atoms with Gasteiger partial charge in [0.1, 0.15) is 28.2 Å². The van der Waals surface area contributed by atoms with Crippen LogP contribution in [0.25, 0.3) is 0 Å². The van der Waals surface area contributed by atoms with Gasteiger partial charge in [0, 0.05) is 12.8 Å². The number of nitrogens with one attached hydrogen (secondary N) is 1. The Morgan fingerprint density at radius 1 is 0.776 bits per heavy atom. The van der Waals surface area contributed by atoms with Crippen LogP contribution in [-0.4, -0.2) is 56.8 Å². The lowest BCUT2D eigenvalue weighted by Crippen LogP contribution is -2.73. The normalized spacial score (nSPS) is 16.0. The zero-order valence-corrected chi connectivity index (χ0v) is 29.9. The molecule has 0 aliphatic carbocycles. The Morgan fingerprint density at radius 2 is 1.22 bits per heavy atom. The van der Waals surface area contributed by atoms with Gasteiger partial charge >= 0.3 is 5.97 Å². The van der Waals surface area contributed by atoms with Crippen molar-refractivity contribution in [2.24, 2.45) is 5.92 Å². The molecule has 0 aromatic heterocycles. The number of esters is 1. The average Bonchev–Trinajstić information content (AvgIpc) is 3.10. The van der Waals surface area contributed by atoms with E-state index in [1.54, 1.807) is 58.9 Å². The largest absolute Gasteiger partial charge is 0.484 e. The average molecular weight is 697 g/mol. The predicted octanol–water partition coefficient (Wildman–Crippen LogP) is 5.10. The topological polar surface area (TPSA) is 102 Å². The number of benzene rings is 4. The fourth-order valence-corrected chi connectivity index (χ4v) is 11.1. The Kier molecular flexibility index (Phi) is 11.2. The third-order valence-electron chi connectivity index (χ3n) is 7.74. The summed E-state index contributed by atoms with van der Waals surface area (Å²) in [4.78, 5) is 57.3. The fraction of sp³-hybridized carbons (Fsp3) is 0.256. The molecule has 0 unspecified atom stereocenters. The van der Waals surface area contributed by atoms with Crippen molar-refractivity contribution < 1.29 is 28.7 Å². The van der Waals surface area contributed by atoms with Gasteiger partial charge in [-0.15, -0.1) is 0 Å². The molecular formula is C39H41N2O6PS. The molecule has 254 valence electrons. The van der Waals surface area contributed by atoms with E-state index in [0.717, 1.165) is 27.7 Å². The molecule has 0 radical (unpaired) electrons. The standard InChI is InChI=1S/C39H41N2O6PS/c1-27(2)38(45)49-36-33(40-32(42)26-46-28-18-10-6-11-19-28)34(43)41(36)35(37(44)47-39(3,4)5)48(29-20-12-7-13-21-29,30-22-14-8-15-23-30)31-24-16-9-17-25-31/h6-25,27,33,36H,26H2,1-5H3,(H,40,42)/t33-,36-/m0/s1. The molecule has 1 N–H and O–H groups in total. The molecule has 4 aromatic carbocycles. The molecular weight excluding hydrogens is 655 g/mol. The van der Waals surface area contributed by atoms with Gasteiger partial charge in [-0.2, -0.15) is 0 Å². The summed E-state index contributed by atoms with van der Waals surface area (Å²) < 4.78 is 11.8. The van der Waals surface area contributed by atoms with Gasteiger partial charge in [-0.05, 0) is 48.8 Å². The third kappa shape index (κ3) is 7.85. The van der Waals surface area contributed by atoms with Crippen LogP contribution in [0.15, 0.2) is 121 Å². The molecule has 1 saturated heterocycles. The molecule has 1 aliphatic rings. The number of hydrogen-bond acceptors (Lipinski definition) is 7. The summed E-state index contributed by atoms with van der Waals surface area (Å²) in [5.41, 5.74) is -0.773. The third-order valence-corrected chi connectivity index (χ3v) is 13.4. The molecule has 1 aliphatic heterocycles. The van der Waals surface area contributed by atoms with E-state index in [1.807, 2.05) is 97.1 Å². The van der Waals surface area contributed by atoms with Crippen molar-refractivity contribution in [3.8, 4) is 5.75 Å². The predicted molar refractivity (Wildman–Crippen MR) is 198 cm³/mol. The van der Waals surface area contributed by atoms with Gasteiger partial charge < -0.3 is 14.8 Å². The number of hydrogen-bond donors (Lipinski definition) is 1. The van der Waals surface area contributed by atoms with Crippen molar-refractivity contribution in [3.05, 3.63) is 121 Å². The van der Waals surface area contributed by atoms with Gasteiger partial charge in [0.15, 0.2) is 11.7 Å². The number of likely N-dealkylation sites (tertiary alicyclic amines) is 1. The van der Waals surface area contributed by atoms with Gasteiger partial charge in [0.25, 0.3) is 11.8 Å². The highest BCUT2D eigenvalue weighted by molar-refractivity contribution is 8.14. The highest BCUT2D eigenvalue weighted by Gasteiger charge is 2.56. The molecule has 49 heavy (non-hydrogen) atoms. The lowest BCUT2D eigenvalue weighted by Gasteiger charge is -2.49. The summed E-state index contributed by atoms with van der Waals surface area (Å²) in [6.07, 6.45) is 0. The molecule has 4 aromatic rings. The first-order valence-corrected chi connectivity index (χ1v) is 18.8. The SMILES string of the molecule is CC(C)C(=O)S[C@H]1[C@@H](NC(=O)COc2ccccc2)C(=O)N1C(C(=O)OC(C)(C)C)=P(c1ccccc1)(c1ccccc1)c1ccccc1. The van der Waals surface area contributed by atoms with Crippen LogP contribution in [-0.2, 0) is 23.9 Å². The fourth-order valence-electron chi connectivity index (χ4n) is 5.57. The second-order valence-electron chi connectivity index (χ2n) is 12.8. The maximum atomic E-state index is 14.8. The van der Waals surface area contributed by atoms with E-state index in [0.29, 0.717) is 5.75 Å². The van der Waals surface area contributed by atoms with E-state index in [-0.39, 0.29) is 23.1 Å². The number of para-hydroxylation sites is 1. The first-order valence-electron chi connectivity index (χ1n) is 16.1. The van der Waals surface area contributed by atoms with Gasteiger partial charge in [0.2, 0.25) is 0 Å². The maximum absolute atomic E-state index is 14.8. The molecule has 1 heterocycles. The summed E-state index contributed by atoms with van der Waals surface area (Å²) in [7, 11) is 0. The number of carbonyl (C=O) groups is 4. The van der Waals surface area contributed by atoms with Crippen LogP contribution in [0, 0.1) is 5.92 Å². The van der Waals surface area contributed by atoms with Gasteiger partial charge in [-0.1, -0.05) is 135 Å². The smallest absolute Gasteiger partial charge is 0.356 e. The minimum atomic E-state index is -3.20. The highest BCUT2D eigenvalue weighted by atomic mass is 32.2. The number of thioether (sulfide) groups is 1. The van der Waals surface area contributed by atoms with Crippen molar-refractivity contribution in [3.63, 3.8) is 0 Å². The molecule has 0 saturated carbocycles. The second kappa shape index (κ2) is 15.3. The van der Waals surface area contributed by atoms with E-state index < -0.39 is 41.7 Å². The highest BCUT2D eigenvalue weighted by Crippen LogP contribution is 2.50. The molecule has 10 heteroatoms. The Balaban J connectivity index is 1.75. The molecule has 0 spiro atoms. The summed E-state index contributed by atoms with van der Waals surface area (Å²) >= 11 is 0.936. The summed E-state index contributed by atoms with van der Waals surface area (Å²) in [6.45, 7) is 5.34. The van der Waals surface area contributed by atoms with Crippen LogP contribution >= 0.6 is 18.6 Å². The quantitative estimate of drug-likeness (QED) is 0.132. The van der Waals surface area contributed by atoms with Gasteiger partial charge in [0.05, 0.1) is 0 Å². The first kappa shape index (κ1) is 35.7. The number of nitrogens with zero attached hydrogens (tertiary/aromatic N) is 1. The van der Waals surface area contributed by atoms with Crippen molar-refractivity contribution in [1.82, 2.24) is 10.2 Å². The van der Waals surface area contributed by atoms with E-state index in [4.69, 9.17) is 9.47 Å². The van der Waals surface area contributed by atoms with Crippen molar-refractivity contribution >= 4 is 62.9 Å².